The molecule has 1 aromatic rings. The van der Waals surface area contributed by atoms with Crippen LogP contribution in [0.25, 0.3) is 0 Å². The normalized spacial score (nSPS) is 36.3. The van der Waals surface area contributed by atoms with Crippen LogP contribution < -0.4 is 0 Å². The van der Waals surface area contributed by atoms with Crippen LogP contribution >= 0.6 is 0 Å². The van der Waals surface area contributed by atoms with Crippen molar-refractivity contribution in [2.75, 3.05) is 0 Å². The largest absolute Gasteiger partial charge is 0.459 e. The zero-order chi connectivity index (χ0) is 25.5. The third-order valence-corrected chi connectivity index (χ3v) is 11.0. The van der Waals surface area contributed by atoms with Crippen molar-refractivity contribution in [1.29, 1.82) is 0 Å². The van der Waals surface area contributed by atoms with Gasteiger partial charge in [0.1, 0.15) is 6.10 Å². The lowest BCUT2D eigenvalue weighted by Crippen LogP contribution is -2.48. The summed E-state index contributed by atoms with van der Waals surface area (Å²) in [4.78, 5) is 12.7. The van der Waals surface area contributed by atoms with Gasteiger partial charge in [-0.15, -0.1) is 0 Å². The Morgan fingerprint density at radius 1 is 1.00 bits per heavy atom. The number of benzene rings is 1. The van der Waals surface area contributed by atoms with Crippen molar-refractivity contribution in [3.05, 3.63) is 59.2 Å². The molecule has 1 aromatic carbocycles. The summed E-state index contributed by atoms with van der Waals surface area (Å²) < 4.78 is 6.01. The molecule has 0 amide bonds. The number of allylic oxidation sites excluding steroid dienone is 4. The lowest BCUT2D eigenvalue weighted by atomic mass is 9.48. The topological polar surface area (TPSA) is 26.3 Å². The van der Waals surface area contributed by atoms with Crippen molar-refractivity contribution in [2.24, 2.45) is 40.4 Å². The second kappa shape index (κ2) is 10.1. The first-order valence-electron chi connectivity index (χ1n) is 14.9. The zero-order valence-corrected chi connectivity index (χ0v) is 23.4. The number of esters is 1. The van der Waals surface area contributed by atoms with E-state index in [9.17, 15) is 4.79 Å². The number of carbonyl (C=O) groups is 1. The van der Waals surface area contributed by atoms with Crippen LogP contribution in [0.5, 0.6) is 0 Å². The Bertz CT molecular complexity index is 1000. The van der Waals surface area contributed by atoms with Crippen LogP contribution in [0.2, 0.25) is 0 Å². The van der Waals surface area contributed by atoms with E-state index in [1.165, 1.54) is 44.9 Å². The SMILES string of the molecule is CC(C)CCC[C@@H](C)C1CC=C2C3=CC[C@H]4C[C@@H](OC(=O)c5ccccc5)CCC4(C)C3CCC21C. The van der Waals surface area contributed by atoms with Gasteiger partial charge in [0.25, 0.3) is 0 Å². The summed E-state index contributed by atoms with van der Waals surface area (Å²) in [5.74, 6) is 3.57. The van der Waals surface area contributed by atoms with Crippen molar-refractivity contribution in [3.63, 3.8) is 0 Å². The molecule has 0 radical (unpaired) electrons. The molecular formula is C34H48O2. The zero-order valence-electron chi connectivity index (χ0n) is 23.4. The Balaban J connectivity index is 1.26. The summed E-state index contributed by atoms with van der Waals surface area (Å²) in [5, 5.41) is 0. The fraction of sp³-hybridized carbons (Fsp3) is 0.676. The van der Waals surface area contributed by atoms with Gasteiger partial charge in [-0.1, -0.05) is 84.2 Å². The summed E-state index contributed by atoms with van der Waals surface area (Å²) >= 11 is 0. The minimum atomic E-state index is -0.158. The molecule has 0 spiro atoms. The number of hydrogen-bond acceptors (Lipinski definition) is 2. The van der Waals surface area contributed by atoms with E-state index in [4.69, 9.17) is 4.74 Å². The highest BCUT2D eigenvalue weighted by Gasteiger charge is 2.55. The lowest BCUT2D eigenvalue weighted by molar-refractivity contribution is -0.0409. The highest BCUT2D eigenvalue weighted by molar-refractivity contribution is 5.89. The van der Waals surface area contributed by atoms with Gasteiger partial charge in [-0.3, -0.25) is 0 Å². The van der Waals surface area contributed by atoms with E-state index < -0.39 is 0 Å². The van der Waals surface area contributed by atoms with Crippen molar-refractivity contribution in [1.82, 2.24) is 0 Å². The van der Waals surface area contributed by atoms with Gasteiger partial charge in [-0.2, -0.15) is 0 Å². The van der Waals surface area contributed by atoms with Crippen molar-refractivity contribution >= 4 is 5.97 Å². The number of ether oxygens (including phenoxy) is 1. The summed E-state index contributed by atoms with van der Waals surface area (Å²) in [6.07, 6.45) is 17.7. The monoisotopic (exact) mass is 488 g/mol. The fourth-order valence-electron chi connectivity index (χ4n) is 8.71. The van der Waals surface area contributed by atoms with Crippen LogP contribution in [0.1, 0.15) is 109 Å². The van der Waals surface area contributed by atoms with Crippen LogP contribution in [-0.2, 0) is 4.74 Å². The highest BCUT2D eigenvalue weighted by Crippen LogP contribution is 2.65. The molecule has 0 bridgehead atoms. The summed E-state index contributed by atoms with van der Waals surface area (Å²) in [6, 6.07) is 9.48. The molecule has 36 heavy (non-hydrogen) atoms. The maximum atomic E-state index is 12.7. The third kappa shape index (κ3) is 4.63. The minimum Gasteiger partial charge on any atom is -0.459 e. The molecule has 2 heteroatoms. The van der Waals surface area contributed by atoms with E-state index >= 15 is 0 Å². The fourth-order valence-corrected chi connectivity index (χ4v) is 8.71. The number of carbonyl (C=O) groups excluding carboxylic acids is 1. The number of fused-ring (bicyclic) bond motifs is 5. The van der Waals surface area contributed by atoms with E-state index in [1.807, 2.05) is 30.3 Å². The summed E-state index contributed by atoms with van der Waals surface area (Å²) in [7, 11) is 0. The van der Waals surface area contributed by atoms with Gasteiger partial charge in [-0.05, 0) is 109 Å². The average molecular weight is 489 g/mol. The van der Waals surface area contributed by atoms with Gasteiger partial charge in [0.2, 0.25) is 0 Å². The smallest absolute Gasteiger partial charge is 0.338 e. The molecule has 0 aliphatic heterocycles. The Morgan fingerprint density at radius 3 is 2.53 bits per heavy atom. The van der Waals surface area contributed by atoms with Crippen LogP contribution in [0.4, 0.5) is 0 Å². The Kier molecular flexibility index (Phi) is 7.27. The Hall–Kier alpha value is -1.83. The maximum Gasteiger partial charge on any atom is 0.338 e. The molecule has 2 fully saturated rings. The average Bonchev–Trinajstić information content (AvgIpc) is 3.22. The van der Waals surface area contributed by atoms with Gasteiger partial charge < -0.3 is 4.74 Å². The summed E-state index contributed by atoms with van der Waals surface area (Å²) in [6.45, 7) is 12.4. The quantitative estimate of drug-likeness (QED) is 0.358. The van der Waals surface area contributed by atoms with Crippen LogP contribution in [0.15, 0.2) is 53.6 Å². The molecule has 2 saturated carbocycles. The first-order valence-corrected chi connectivity index (χ1v) is 14.9. The van der Waals surface area contributed by atoms with Gasteiger partial charge in [0.05, 0.1) is 5.56 Å². The molecule has 0 saturated heterocycles. The van der Waals surface area contributed by atoms with E-state index in [2.05, 4.69) is 46.8 Å². The molecule has 196 valence electrons. The van der Waals surface area contributed by atoms with Crippen LogP contribution in [0.3, 0.4) is 0 Å². The van der Waals surface area contributed by atoms with Crippen LogP contribution in [0, 0.1) is 40.4 Å². The Labute approximate surface area is 220 Å². The third-order valence-electron chi connectivity index (χ3n) is 11.0. The molecule has 7 atom stereocenters. The second-order valence-corrected chi connectivity index (χ2v) is 13.5. The molecule has 0 aromatic heterocycles. The van der Waals surface area contributed by atoms with Crippen molar-refractivity contribution < 1.29 is 9.53 Å². The standard InChI is InChI=1S/C34H48O2/c1-23(2)10-9-11-24(3)29-16-17-30-28-15-14-26-22-27(36-32(35)25-12-7-6-8-13-25)18-20-33(26,4)31(28)19-21-34(29,30)5/h6-8,12-13,15,17,23-24,26-27,29,31H,9-11,14,16,18-22H2,1-5H3/t24-,26+,27+,29?,31?,33?,34?/m1/s1. The van der Waals surface area contributed by atoms with E-state index in [-0.39, 0.29) is 12.1 Å². The van der Waals surface area contributed by atoms with Gasteiger partial charge in [0.15, 0.2) is 0 Å². The second-order valence-electron chi connectivity index (χ2n) is 13.5. The van der Waals surface area contributed by atoms with E-state index in [0.717, 1.165) is 37.0 Å². The maximum absolute atomic E-state index is 12.7. The molecule has 4 aliphatic rings. The van der Waals surface area contributed by atoms with Gasteiger partial charge in [-0.25, -0.2) is 4.79 Å². The van der Waals surface area contributed by atoms with Crippen LogP contribution in [-0.4, -0.2) is 12.1 Å². The van der Waals surface area contributed by atoms with Crippen molar-refractivity contribution in [3.8, 4) is 0 Å². The first-order chi connectivity index (χ1) is 17.2. The predicted octanol–water partition coefficient (Wildman–Crippen LogP) is 9.17. The van der Waals surface area contributed by atoms with E-state index in [1.54, 1.807) is 11.1 Å². The molecule has 5 rings (SSSR count). The molecule has 4 unspecified atom stereocenters. The highest BCUT2D eigenvalue weighted by atomic mass is 16.5. The predicted molar refractivity (Wildman–Crippen MR) is 149 cm³/mol. The van der Waals surface area contributed by atoms with E-state index in [0.29, 0.717) is 28.2 Å². The molecule has 4 aliphatic carbocycles. The summed E-state index contributed by atoms with van der Waals surface area (Å²) in [5.41, 5.74) is 4.80. The molecular weight excluding hydrogens is 440 g/mol. The molecule has 0 heterocycles. The number of rotatable bonds is 7. The van der Waals surface area contributed by atoms with Gasteiger partial charge in [0, 0.05) is 0 Å². The number of hydrogen-bond donors (Lipinski definition) is 0. The first kappa shape index (κ1) is 25.8. The lowest BCUT2D eigenvalue weighted by Gasteiger charge is -2.56. The molecule has 2 nitrogen and oxygen atoms in total. The van der Waals surface area contributed by atoms with Gasteiger partial charge >= 0.3 is 5.97 Å². The minimum absolute atomic E-state index is 0.0568. The Morgan fingerprint density at radius 2 is 1.78 bits per heavy atom. The van der Waals surface area contributed by atoms with Crippen molar-refractivity contribution in [2.45, 2.75) is 105 Å². The molecule has 0 N–H and O–H groups in total.